The number of rotatable bonds is 5. The number of benzene rings is 3. The molecule has 1 aliphatic rings. The summed E-state index contributed by atoms with van der Waals surface area (Å²) >= 11 is 1.60. The summed E-state index contributed by atoms with van der Waals surface area (Å²) in [4.78, 5) is 17.7. The van der Waals surface area contributed by atoms with Crippen molar-refractivity contribution in [3.63, 3.8) is 0 Å². The monoisotopic (exact) mass is 507 g/mol. The average molecular weight is 508 g/mol. The van der Waals surface area contributed by atoms with E-state index in [9.17, 15) is 13.2 Å². The quantitative estimate of drug-likeness (QED) is 0.410. The van der Waals surface area contributed by atoms with Gasteiger partial charge in [-0.15, -0.1) is 11.3 Å². The van der Waals surface area contributed by atoms with Crippen LogP contribution in [-0.2, 0) is 14.8 Å². The summed E-state index contributed by atoms with van der Waals surface area (Å²) in [5.41, 5.74) is 2.87. The lowest BCUT2D eigenvalue weighted by atomic mass is 10.2. The van der Waals surface area contributed by atoms with Crippen molar-refractivity contribution in [1.29, 1.82) is 0 Å². The minimum Gasteiger partial charge on any atom is -0.373 e. The van der Waals surface area contributed by atoms with Crippen LogP contribution in [0.1, 0.15) is 24.2 Å². The fourth-order valence-electron chi connectivity index (χ4n) is 4.18. The molecule has 1 aliphatic heterocycles. The second-order valence-corrected chi connectivity index (χ2v) is 11.6. The number of carbonyl (C=O) groups excluding carboxylic acids is 1. The molecule has 1 N–H and O–H groups in total. The van der Waals surface area contributed by atoms with Crippen LogP contribution in [-0.4, -0.2) is 48.9 Å². The van der Waals surface area contributed by atoms with Crippen LogP contribution in [0.5, 0.6) is 0 Å². The second-order valence-electron chi connectivity index (χ2n) is 8.63. The summed E-state index contributed by atoms with van der Waals surface area (Å²) in [5.74, 6) is -0.316. The predicted molar refractivity (Wildman–Crippen MR) is 138 cm³/mol. The number of thiazole rings is 1. The van der Waals surface area contributed by atoms with Crippen LogP contribution in [0.3, 0.4) is 0 Å². The molecule has 9 heteroatoms. The summed E-state index contributed by atoms with van der Waals surface area (Å²) in [6, 6.07) is 21.5. The molecule has 180 valence electrons. The van der Waals surface area contributed by atoms with E-state index in [2.05, 4.69) is 10.3 Å². The number of fused-ring (bicyclic) bond motifs is 1. The number of aromatic nitrogens is 1. The van der Waals surface area contributed by atoms with E-state index < -0.39 is 10.0 Å². The van der Waals surface area contributed by atoms with Crippen molar-refractivity contribution in [1.82, 2.24) is 9.29 Å². The van der Waals surface area contributed by atoms with Gasteiger partial charge in [0, 0.05) is 29.9 Å². The third-order valence-corrected chi connectivity index (χ3v) is 8.73. The van der Waals surface area contributed by atoms with Gasteiger partial charge in [-0.2, -0.15) is 4.31 Å². The number of hydrogen-bond acceptors (Lipinski definition) is 6. The van der Waals surface area contributed by atoms with Gasteiger partial charge in [-0.05, 0) is 62.4 Å². The molecule has 0 aliphatic carbocycles. The van der Waals surface area contributed by atoms with Gasteiger partial charge in [0.25, 0.3) is 5.91 Å². The third kappa shape index (κ3) is 4.99. The Morgan fingerprint density at radius 3 is 2.43 bits per heavy atom. The second kappa shape index (κ2) is 9.50. The zero-order valence-corrected chi connectivity index (χ0v) is 21.0. The zero-order valence-electron chi connectivity index (χ0n) is 19.3. The fraction of sp³-hybridized carbons (Fsp3) is 0.231. The van der Waals surface area contributed by atoms with Gasteiger partial charge in [0.15, 0.2) is 0 Å². The number of nitrogens with zero attached hydrogens (tertiary/aromatic N) is 2. The van der Waals surface area contributed by atoms with Crippen molar-refractivity contribution < 1.29 is 17.9 Å². The molecule has 35 heavy (non-hydrogen) atoms. The van der Waals surface area contributed by atoms with E-state index >= 15 is 0 Å². The van der Waals surface area contributed by atoms with E-state index in [4.69, 9.17) is 4.74 Å². The molecular weight excluding hydrogens is 482 g/mol. The Hall–Kier alpha value is -3.11. The maximum atomic E-state index is 13.1. The topological polar surface area (TPSA) is 88.6 Å². The smallest absolute Gasteiger partial charge is 0.255 e. The van der Waals surface area contributed by atoms with Crippen molar-refractivity contribution in [3.8, 4) is 10.6 Å². The van der Waals surface area contributed by atoms with E-state index in [1.807, 2.05) is 62.4 Å². The van der Waals surface area contributed by atoms with Crippen LogP contribution >= 0.6 is 11.3 Å². The highest BCUT2D eigenvalue weighted by Crippen LogP contribution is 2.31. The Labute approximate surface area is 208 Å². The number of morpholine rings is 1. The van der Waals surface area contributed by atoms with Gasteiger partial charge in [0.2, 0.25) is 10.0 Å². The number of anilines is 1. The number of amides is 1. The maximum Gasteiger partial charge on any atom is 0.255 e. The largest absolute Gasteiger partial charge is 0.373 e. The molecule has 0 unspecified atom stereocenters. The lowest BCUT2D eigenvalue weighted by Gasteiger charge is -2.34. The van der Waals surface area contributed by atoms with Crippen molar-refractivity contribution in [2.24, 2.45) is 0 Å². The number of para-hydroxylation sites is 1. The van der Waals surface area contributed by atoms with Crippen LogP contribution in [0.4, 0.5) is 5.69 Å². The summed E-state index contributed by atoms with van der Waals surface area (Å²) in [7, 11) is -3.66. The summed E-state index contributed by atoms with van der Waals surface area (Å²) in [6.07, 6.45) is -0.339. The summed E-state index contributed by atoms with van der Waals surface area (Å²) in [5, 5.41) is 3.78. The molecule has 0 spiro atoms. The molecule has 5 rings (SSSR count). The Balaban J connectivity index is 1.31. The minimum absolute atomic E-state index is 0.160. The van der Waals surface area contributed by atoms with Crippen molar-refractivity contribution in [2.75, 3.05) is 18.4 Å². The SMILES string of the molecule is C[C@@H]1CN(S(=O)(=O)c2ccc(C(=O)Nc3cccc(-c4nc5ccccc5s4)c3)cc2)C[C@@H](C)O1. The molecular formula is C26H25N3O4S2. The predicted octanol–water partition coefficient (Wildman–Crippen LogP) is 5.01. The van der Waals surface area contributed by atoms with Gasteiger partial charge in [-0.1, -0.05) is 24.3 Å². The summed E-state index contributed by atoms with van der Waals surface area (Å²) in [6.45, 7) is 4.33. The highest BCUT2D eigenvalue weighted by atomic mass is 32.2. The highest BCUT2D eigenvalue weighted by molar-refractivity contribution is 7.89. The van der Waals surface area contributed by atoms with Gasteiger partial charge in [-0.25, -0.2) is 13.4 Å². The number of sulfonamides is 1. The minimum atomic E-state index is -3.66. The Morgan fingerprint density at radius 1 is 1.00 bits per heavy atom. The maximum absolute atomic E-state index is 13.1. The number of nitrogens with one attached hydrogen (secondary N) is 1. The van der Waals surface area contributed by atoms with E-state index in [0.29, 0.717) is 24.3 Å². The first-order valence-electron chi connectivity index (χ1n) is 11.3. The normalized spacial score (nSPS) is 19.0. The first-order valence-corrected chi connectivity index (χ1v) is 13.6. The Morgan fingerprint density at radius 2 is 1.71 bits per heavy atom. The average Bonchev–Trinajstić information content (AvgIpc) is 3.28. The highest BCUT2D eigenvalue weighted by Gasteiger charge is 2.32. The Kier molecular flexibility index (Phi) is 6.41. The molecule has 1 fully saturated rings. The van der Waals surface area contributed by atoms with Gasteiger partial charge in [0.1, 0.15) is 5.01 Å². The standard InChI is InChI=1S/C26H25N3O4S2/c1-17-15-29(16-18(2)33-17)35(31,32)22-12-10-19(11-13-22)25(30)27-21-7-5-6-20(14-21)26-28-23-8-3-4-9-24(23)34-26/h3-14,17-18H,15-16H2,1-2H3,(H,27,30)/t17-,18-/m1/s1. The molecule has 0 bridgehead atoms. The zero-order chi connectivity index (χ0) is 24.6. The molecule has 0 radical (unpaired) electrons. The molecule has 0 saturated carbocycles. The number of hydrogen-bond donors (Lipinski definition) is 1. The van der Waals surface area contributed by atoms with E-state index in [1.165, 1.54) is 28.6 Å². The van der Waals surface area contributed by atoms with Crippen LogP contribution < -0.4 is 5.32 Å². The number of ether oxygens (including phenoxy) is 1. The van der Waals surface area contributed by atoms with Gasteiger partial charge in [0.05, 0.1) is 27.3 Å². The molecule has 1 amide bonds. The first kappa shape index (κ1) is 23.6. The van der Waals surface area contributed by atoms with Crippen LogP contribution in [0, 0.1) is 0 Å². The van der Waals surface area contributed by atoms with E-state index in [-0.39, 0.29) is 23.0 Å². The number of carbonyl (C=O) groups is 1. The first-order chi connectivity index (χ1) is 16.8. The Bertz CT molecular complexity index is 1440. The molecule has 2 heterocycles. The summed E-state index contributed by atoms with van der Waals surface area (Å²) < 4.78 is 34.3. The molecule has 1 saturated heterocycles. The van der Waals surface area contributed by atoms with Gasteiger partial charge >= 0.3 is 0 Å². The molecule has 1 aromatic heterocycles. The lowest BCUT2D eigenvalue weighted by Crippen LogP contribution is -2.48. The third-order valence-electron chi connectivity index (χ3n) is 5.80. The molecule has 4 aromatic rings. The van der Waals surface area contributed by atoms with Gasteiger partial charge in [-0.3, -0.25) is 4.79 Å². The molecule has 7 nitrogen and oxygen atoms in total. The van der Waals surface area contributed by atoms with E-state index in [0.717, 1.165) is 20.8 Å². The lowest BCUT2D eigenvalue weighted by molar-refractivity contribution is -0.0440. The van der Waals surface area contributed by atoms with Crippen molar-refractivity contribution in [3.05, 3.63) is 78.4 Å². The molecule has 2 atom stereocenters. The van der Waals surface area contributed by atoms with Crippen LogP contribution in [0.2, 0.25) is 0 Å². The van der Waals surface area contributed by atoms with Crippen molar-refractivity contribution >= 4 is 43.2 Å². The van der Waals surface area contributed by atoms with Gasteiger partial charge < -0.3 is 10.1 Å². The van der Waals surface area contributed by atoms with Crippen molar-refractivity contribution in [2.45, 2.75) is 31.0 Å². The van der Waals surface area contributed by atoms with Crippen LogP contribution in [0.15, 0.2) is 77.7 Å². The molecule has 3 aromatic carbocycles. The van der Waals surface area contributed by atoms with Crippen LogP contribution in [0.25, 0.3) is 20.8 Å². The van der Waals surface area contributed by atoms with E-state index in [1.54, 1.807) is 11.3 Å². The fourth-order valence-corrected chi connectivity index (χ4v) is 6.74.